The third-order valence-corrected chi connectivity index (χ3v) is 2.89. The average molecular weight is 223 g/mol. The van der Waals surface area contributed by atoms with Crippen molar-refractivity contribution in [1.82, 2.24) is 5.32 Å². The summed E-state index contributed by atoms with van der Waals surface area (Å²) in [4.78, 5) is 10.7. The van der Waals surface area contributed by atoms with Gasteiger partial charge in [-0.3, -0.25) is 4.79 Å². The van der Waals surface area contributed by atoms with E-state index in [0.29, 0.717) is 5.56 Å². The van der Waals surface area contributed by atoms with Crippen molar-refractivity contribution in [2.75, 3.05) is 6.54 Å². The Morgan fingerprint density at radius 3 is 3.00 bits per heavy atom. The first-order valence-electron chi connectivity index (χ1n) is 5.40. The molecule has 4 heteroatoms. The van der Waals surface area contributed by atoms with Gasteiger partial charge in [-0.15, -0.1) is 0 Å². The smallest absolute Gasteiger partial charge is 0.307 e. The fourth-order valence-electron chi connectivity index (χ4n) is 2.16. The lowest BCUT2D eigenvalue weighted by atomic mass is 9.97. The summed E-state index contributed by atoms with van der Waals surface area (Å²) in [6.07, 6.45) is 1.94. The van der Waals surface area contributed by atoms with Crippen molar-refractivity contribution in [3.8, 4) is 0 Å². The molecule has 0 aromatic heterocycles. The molecule has 1 atom stereocenters. The third kappa shape index (κ3) is 2.39. The summed E-state index contributed by atoms with van der Waals surface area (Å²) in [5.74, 6) is -1.19. The Balaban J connectivity index is 2.31. The molecule has 1 fully saturated rings. The van der Waals surface area contributed by atoms with E-state index < -0.39 is 5.97 Å². The Morgan fingerprint density at radius 1 is 1.56 bits per heavy atom. The van der Waals surface area contributed by atoms with Gasteiger partial charge in [-0.25, -0.2) is 4.39 Å². The zero-order valence-electron chi connectivity index (χ0n) is 8.87. The minimum Gasteiger partial charge on any atom is -0.481 e. The SMILES string of the molecule is O=C(O)Cc1ccc(F)cc1[C@@H]1CCCN1. The molecule has 1 aromatic carbocycles. The Labute approximate surface area is 93.3 Å². The van der Waals surface area contributed by atoms with Crippen LogP contribution in [-0.2, 0) is 11.2 Å². The second-order valence-electron chi connectivity index (χ2n) is 4.06. The minimum absolute atomic E-state index is 0.0478. The molecule has 0 spiro atoms. The van der Waals surface area contributed by atoms with E-state index in [9.17, 15) is 9.18 Å². The van der Waals surface area contributed by atoms with Crippen molar-refractivity contribution < 1.29 is 14.3 Å². The van der Waals surface area contributed by atoms with E-state index in [1.807, 2.05) is 0 Å². The quantitative estimate of drug-likeness (QED) is 0.822. The number of hydrogen-bond donors (Lipinski definition) is 2. The van der Waals surface area contributed by atoms with Gasteiger partial charge in [0.1, 0.15) is 5.82 Å². The van der Waals surface area contributed by atoms with Crippen LogP contribution in [0.25, 0.3) is 0 Å². The summed E-state index contributed by atoms with van der Waals surface area (Å²) in [6, 6.07) is 4.43. The molecule has 0 unspecified atom stereocenters. The molecule has 0 saturated carbocycles. The normalized spacial score (nSPS) is 19.9. The van der Waals surface area contributed by atoms with Crippen LogP contribution in [0.15, 0.2) is 18.2 Å². The van der Waals surface area contributed by atoms with Gasteiger partial charge >= 0.3 is 5.97 Å². The third-order valence-electron chi connectivity index (χ3n) is 2.89. The predicted octanol–water partition coefficient (Wildman–Crippen LogP) is 1.88. The molecular formula is C12H14FNO2. The van der Waals surface area contributed by atoms with Gasteiger partial charge in [0.15, 0.2) is 0 Å². The number of aliphatic carboxylic acids is 1. The van der Waals surface area contributed by atoms with Crippen molar-refractivity contribution in [2.24, 2.45) is 0 Å². The number of carbonyl (C=O) groups is 1. The topological polar surface area (TPSA) is 49.3 Å². The maximum absolute atomic E-state index is 13.2. The number of nitrogens with one attached hydrogen (secondary N) is 1. The Bertz CT molecular complexity index is 400. The van der Waals surface area contributed by atoms with E-state index in [2.05, 4.69) is 5.32 Å². The van der Waals surface area contributed by atoms with E-state index in [0.717, 1.165) is 24.9 Å². The van der Waals surface area contributed by atoms with Crippen LogP contribution in [0.1, 0.15) is 30.0 Å². The van der Waals surface area contributed by atoms with Crippen LogP contribution < -0.4 is 5.32 Å². The number of hydrogen-bond acceptors (Lipinski definition) is 2. The molecule has 16 heavy (non-hydrogen) atoms. The van der Waals surface area contributed by atoms with Crippen molar-refractivity contribution in [3.05, 3.63) is 35.1 Å². The van der Waals surface area contributed by atoms with Crippen molar-refractivity contribution in [1.29, 1.82) is 0 Å². The summed E-state index contributed by atoms with van der Waals surface area (Å²) >= 11 is 0. The van der Waals surface area contributed by atoms with Crippen LogP contribution in [-0.4, -0.2) is 17.6 Å². The van der Waals surface area contributed by atoms with Crippen molar-refractivity contribution >= 4 is 5.97 Å². The molecule has 86 valence electrons. The lowest BCUT2D eigenvalue weighted by Crippen LogP contribution is -2.16. The molecule has 1 saturated heterocycles. The predicted molar refractivity (Wildman–Crippen MR) is 57.7 cm³/mol. The molecule has 0 amide bonds. The standard InChI is InChI=1S/C12H14FNO2/c13-9-4-3-8(6-12(15)16)10(7-9)11-2-1-5-14-11/h3-4,7,11,14H,1-2,5-6H2,(H,15,16)/t11-/m0/s1. The lowest BCUT2D eigenvalue weighted by molar-refractivity contribution is -0.136. The summed E-state index contributed by atoms with van der Waals surface area (Å²) in [5.41, 5.74) is 1.49. The van der Waals surface area contributed by atoms with Gasteiger partial charge in [0.25, 0.3) is 0 Å². The monoisotopic (exact) mass is 223 g/mol. The van der Waals surface area contributed by atoms with Crippen molar-refractivity contribution in [2.45, 2.75) is 25.3 Å². The van der Waals surface area contributed by atoms with Crippen LogP contribution >= 0.6 is 0 Å². The first-order valence-corrected chi connectivity index (χ1v) is 5.40. The highest BCUT2D eigenvalue weighted by Gasteiger charge is 2.20. The molecule has 1 aliphatic rings. The van der Waals surface area contributed by atoms with E-state index in [-0.39, 0.29) is 18.3 Å². The largest absolute Gasteiger partial charge is 0.481 e. The fourth-order valence-corrected chi connectivity index (χ4v) is 2.16. The van der Waals surface area contributed by atoms with Crippen molar-refractivity contribution in [3.63, 3.8) is 0 Å². The molecule has 1 aliphatic heterocycles. The highest BCUT2D eigenvalue weighted by molar-refractivity contribution is 5.70. The number of rotatable bonds is 3. The average Bonchev–Trinajstić information content (AvgIpc) is 2.73. The van der Waals surface area contributed by atoms with E-state index in [4.69, 9.17) is 5.11 Å². The second-order valence-corrected chi connectivity index (χ2v) is 4.06. The molecule has 0 bridgehead atoms. The molecule has 0 radical (unpaired) electrons. The molecule has 2 N–H and O–H groups in total. The lowest BCUT2D eigenvalue weighted by Gasteiger charge is -2.15. The zero-order chi connectivity index (χ0) is 11.5. The summed E-state index contributed by atoms with van der Waals surface area (Å²) in [5, 5.41) is 12.0. The van der Waals surface area contributed by atoms with Crippen LogP contribution in [0.2, 0.25) is 0 Å². The second kappa shape index (κ2) is 4.61. The van der Waals surface area contributed by atoms with E-state index in [1.165, 1.54) is 12.1 Å². The van der Waals surface area contributed by atoms with E-state index >= 15 is 0 Å². The highest BCUT2D eigenvalue weighted by Crippen LogP contribution is 2.27. The van der Waals surface area contributed by atoms with Gasteiger partial charge in [0.2, 0.25) is 0 Å². The Kier molecular flexibility index (Phi) is 3.19. The molecule has 2 rings (SSSR count). The maximum Gasteiger partial charge on any atom is 0.307 e. The maximum atomic E-state index is 13.2. The first kappa shape index (κ1) is 11.1. The Hall–Kier alpha value is -1.42. The molecule has 1 heterocycles. The van der Waals surface area contributed by atoms with Crippen LogP contribution in [0, 0.1) is 5.82 Å². The number of benzene rings is 1. The molecule has 0 aliphatic carbocycles. The van der Waals surface area contributed by atoms with Gasteiger partial charge in [0.05, 0.1) is 6.42 Å². The van der Waals surface area contributed by atoms with Crippen LogP contribution in [0.4, 0.5) is 4.39 Å². The number of carboxylic acid groups (broad SMARTS) is 1. The molecule has 1 aromatic rings. The minimum atomic E-state index is -0.883. The summed E-state index contributed by atoms with van der Waals surface area (Å²) < 4.78 is 13.2. The Morgan fingerprint density at radius 2 is 2.38 bits per heavy atom. The van der Waals surface area contributed by atoms with Crippen LogP contribution in [0.3, 0.4) is 0 Å². The molecular weight excluding hydrogens is 209 g/mol. The zero-order valence-corrected chi connectivity index (χ0v) is 8.87. The van der Waals surface area contributed by atoms with Gasteiger partial charge in [-0.2, -0.15) is 0 Å². The van der Waals surface area contributed by atoms with Crippen LogP contribution in [0.5, 0.6) is 0 Å². The first-order chi connectivity index (χ1) is 7.66. The molecule has 3 nitrogen and oxygen atoms in total. The number of halogens is 1. The number of carboxylic acids is 1. The summed E-state index contributed by atoms with van der Waals surface area (Å²) in [7, 11) is 0. The van der Waals surface area contributed by atoms with Gasteiger partial charge in [-0.05, 0) is 42.6 Å². The van der Waals surface area contributed by atoms with Gasteiger partial charge < -0.3 is 10.4 Å². The van der Waals surface area contributed by atoms with Gasteiger partial charge in [0, 0.05) is 6.04 Å². The van der Waals surface area contributed by atoms with E-state index in [1.54, 1.807) is 6.07 Å². The highest BCUT2D eigenvalue weighted by atomic mass is 19.1. The summed E-state index contributed by atoms with van der Waals surface area (Å²) in [6.45, 7) is 0.910. The van der Waals surface area contributed by atoms with Gasteiger partial charge in [-0.1, -0.05) is 6.07 Å². The fraction of sp³-hybridized carbons (Fsp3) is 0.417.